The van der Waals surface area contributed by atoms with E-state index in [1.807, 2.05) is 78.9 Å². The maximum atomic E-state index is 14.1. The molecule has 1 saturated heterocycles. The highest BCUT2D eigenvalue weighted by molar-refractivity contribution is 5.96. The van der Waals surface area contributed by atoms with Crippen molar-refractivity contribution in [1.29, 1.82) is 0 Å². The van der Waals surface area contributed by atoms with Gasteiger partial charge in [0.1, 0.15) is 49.0 Å². The first-order valence-corrected chi connectivity index (χ1v) is 21.6. The van der Waals surface area contributed by atoms with Crippen LogP contribution in [0.15, 0.2) is 91.0 Å². The van der Waals surface area contributed by atoms with Crippen LogP contribution in [-0.4, -0.2) is 102 Å². The summed E-state index contributed by atoms with van der Waals surface area (Å²) in [5, 5.41) is 13.2. The molecule has 0 aliphatic carbocycles. The van der Waals surface area contributed by atoms with Gasteiger partial charge in [0, 0.05) is 13.1 Å². The Bertz CT molecular complexity index is 1980. The Hall–Kier alpha value is -6.49. The van der Waals surface area contributed by atoms with Crippen LogP contribution in [0, 0.1) is 0 Å². The molecule has 0 aromatic heterocycles. The van der Waals surface area contributed by atoms with Gasteiger partial charge in [0.2, 0.25) is 23.6 Å². The van der Waals surface area contributed by atoms with E-state index in [0.717, 1.165) is 16.7 Å². The summed E-state index contributed by atoms with van der Waals surface area (Å²) >= 11 is 0. The lowest BCUT2D eigenvalue weighted by Crippen LogP contribution is -2.58. The third kappa shape index (κ3) is 17.7. The molecule has 6 amide bonds. The van der Waals surface area contributed by atoms with Crippen LogP contribution in [0.5, 0.6) is 0 Å². The predicted octanol–water partition coefficient (Wildman–Crippen LogP) is 4.42. The molecule has 17 heteroatoms. The Kier molecular flexibility index (Phi) is 20.0. The van der Waals surface area contributed by atoms with E-state index < -0.39 is 77.6 Å². The predicted molar refractivity (Wildman–Crippen MR) is 236 cm³/mol. The number of alkyl carbamates (subject to hydrolysis) is 2. The molecule has 64 heavy (non-hydrogen) atoms. The number of rotatable bonds is 22. The van der Waals surface area contributed by atoms with E-state index in [4.69, 9.17) is 18.9 Å². The van der Waals surface area contributed by atoms with E-state index in [9.17, 15) is 33.6 Å². The van der Waals surface area contributed by atoms with Gasteiger partial charge in [0.05, 0.1) is 13.2 Å². The fourth-order valence-electron chi connectivity index (χ4n) is 6.60. The van der Waals surface area contributed by atoms with Crippen LogP contribution in [0.1, 0.15) is 83.4 Å². The molecule has 1 aliphatic rings. The minimum Gasteiger partial charge on any atom is -0.459 e. The summed E-state index contributed by atoms with van der Waals surface area (Å²) in [4.78, 5) is 94.1. The van der Waals surface area contributed by atoms with Crippen molar-refractivity contribution in [2.24, 2.45) is 0 Å². The summed E-state index contributed by atoms with van der Waals surface area (Å²) in [6, 6.07) is 22.0. The van der Waals surface area contributed by atoms with Gasteiger partial charge < -0.3 is 50.4 Å². The van der Waals surface area contributed by atoms with Crippen molar-refractivity contribution in [1.82, 2.24) is 31.5 Å². The van der Waals surface area contributed by atoms with Crippen molar-refractivity contribution in [2.75, 3.05) is 19.7 Å². The van der Waals surface area contributed by atoms with Crippen LogP contribution in [0.3, 0.4) is 0 Å². The highest BCUT2D eigenvalue weighted by Crippen LogP contribution is 2.21. The molecule has 5 atom stereocenters. The second-order valence-electron chi connectivity index (χ2n) is 16.5. The summed E-state index contributed by atoms with van der Waals surface area (Å²) in [7, 11) is 0. The topological polar surface area (TPSA) is 220 Å². The average molecular weight is 887 g/mol. The maximum absolute atomic E-state index is 14.1. The highest BCUT2D eigenvalue weighted by atomic mass is 16.6. The van der Waals surface area contributed by atoms with Gasteiger partial charge in [0.15, 0.2) is 0 Å². The molecule has 17 nitrogen and oxygen atoms in total. The molecular formula is C47H62N6O11. The molecule has 4 rings (SSSR count). The van der Waals surface area contributed by atoms with Crippen molar-refractivity contribution < 1.29 is 52.5 Å². The summed E-state index contributed by atoms with van der Waals surface area (Å²) in [5.74, 6) is -3.20. The number of hydrogen-bond acceptors (Lipinski definition) is 11. The number of esters is 1. The second-order valence-corrected chi connectivity index (χ2v) is 16.5. The molecule has 1 heterocycles. The number of carbonyl (C=O) groups excluding carboxylic acids is 7. The first kappa shape index (κ1) is 50.2. The number of unbranched alkanes of at least 4 members (excludes halogenated alkanes) is 1. The average Bonchev–Trinajstić information content (AvgIpc) is 3.77. The Labute approximate surface area is 374 Å². The Balaban J connectivity index is 1.34. The van der Waals surface area contributed by atoms with Gasteiger partial charge in [-0.25, -0.2) is 14.4 Å². The van der Waals surface area contributed by atoms with Crippen molar-refractivity contribution in [3.8, 4) is 0 Å². The van der Waals surface area contributed by atoms with E-state index in [0.29, 0.717) is 25.7 Å². The Morgan fingerprint density at radius 3 is 1.83 bits per heavy atom. The van der Waals surface area contributed by atoms with Crippen LogP contribution in [0.2, 0.25) is 0 Å². The summed E-state index contributed by atoms with van der Waals surface area (Å²) in [6.07, 6.45) is 0.473. The third-order valence-corrected chi connectivity index (χ3v) is 9.95. The van der Waals surface area contributed by atoms with E-state index in [1.54, 1.807) is 32.9 Å². The minimum atomic E-state index is -1.26. The molecule has 5 N–H and O–H groups in total. The fraction of sp³-hybridized carbons (Fsp3) is 0.468. The molecule has 346 valence electrons. The zero-order valence-corrected chi connectivity index (χ0v) is 37.3. The van der Waals surface area contributed by atoms with Gasteiger partial charge in [-0.3, -0.25) is 19.2 Å². The molecule has 0 saturated carbocycles. The second kappa shape index (κ2) is 25.6. The van der Waals surface area contributed by atoms with Gasteiger partial charge in [-0.1, -0.05) is 91.0 Å². The Morgan fingerprint density at radius 2 is 1.23 bits per heavy atom. The standard InChI is InChI=1S/C47H62N6O11/c1-32(40(54)51-38(31-61-28-34-18-9-6-10-19-34)41(55)50-33(2)44(58)62-29-35-20-11-7-12-21-35)49-42(56)39-25-17-27-53(39)43(57)37(52-46(60)64-47(3,4)5)24-15-16-26-48-45(59)63-30-36-22-13-8-14-23-36/h6-14,18-23,32-33,37-39H,15-17,24-31H2,1-5H3,(H,48,59)(H,49,56)(H,50,55)(H,51,54)(H,52,60)/t32-,33-,37+,38+,39+/m1/s1. The van der Waals surface area contributed by atoms with E-state index in [2.05, 4.69) is 26.6 Å². The Morgan fingerprint density at radius 1 is 0.656 bits per heavy atom. The van der Waals surface area contributed by atoms with Gasteiger partial charge in [-0.2, -0.15) is 0 Å². The van der Waals surface area contributed by atoms with E-state index in [1.165, 1.54) is 18.7 Å². The SMILES string of the molecule is C[C@@H](NC(=O)[C@@H]1CCCN1C(=O)[C@H](CCCCNC(=O)OCc1ccccc1)NC(=O)OC(C)(C)C)C(=O)N[C@@H](COCc1ccccc1)C(=O)N[C@H](C)C(=O)OCc1ccccc1. The lowest BCUT2D eigenvalue weighted by Gasteiger charge is -2.30. The van der Waals surface area contributed by atoms with Crippen LogP contribution >= 0.6 is 0 Å². The number of carbonyl (C=O) groups is 7. The largest absolute Gasteiger partial charge is 0.459 e. The summed E-state index contributed by atoms with van der Waals surface area (Å²) < 4.78 is 21.8. The summed E-state index contributed by atoms with van der Waals surface area (Å²) in [6.45, 7) is 8.48. The monoisotopic (exact) mass is 886 g/mol. The quantitative estimate of drug-likeness (QED) is 0.0540. The van der Waals surface area contributed by atoms with Crippen molar-refractivity contribution >= 4 is 41.8 Å². The van der Waals surface area contributed by atoms with Crippen molar-refractivity contribution in [3.05, 3.63) is 108 Å². The highest BCUT2D eigenvalue weighted by Gasteiger charge is 2.39. The lowest BCUT2D eigenvalue weighted by atomic mass is 10.1. The van der Waals surface area contributed by atoms with Crippen LogP contribution < -0.4 is 26.6 Å². The number of ether oxygens (including phenoxy) is 4. The number of nitrogens with one attached hydrogen (secondary N) is 5. The normalized spacial score (nSPS) is 15.3. The number of benzene rings is 3. The fourth-order valence-corrected chi connectivity index (χ4v) is 6.60. The molecule has 0 bridgehead atoms. The molecule has 1 fully saturated rings. The van der Waals surface area contributed by atoms with Crippen LogP contribution in [0.25, 0.3) is 0 Å². The zero-order chi connectivity index (χ0) is 46.5. The molecule has 0 unspecified atom stereocenters. The molecule has 1 aliphatic heterocycles. The van der Waals surface area contributed by atoms with Crippen LogP contribution in [-0.2, 0) is 62.7 Å². The summed E-state index contributed by atoms with van der Waals surface area (Å²) in [5.41, 5.74) is 1.61. The first-order valence-electron chi connectivity index (χ1n) is 21.6. The van der Waals surface area contributed by atoms with Gasteiger partial charge in [0.25, 0.3) is 0 Å². The number of likely N-dealkylation sites (tertiary alicyclic amines) is 1. The van der Waals surface area contributed by atoms with Crippen LogP contribution in [0.4, 0.5) is 9.59 Å². The number of amides is 6. The van der Waals surface area contributed by atoms with E-state index >= 15 is 0 Å². The molecule has 3 aromatic rings. The maximum Gasteiger partial charge on any atom is 0.408 e. The first-order chi connectivity index (χ1) is 30.6. The smallest absolute Gasteiger partial charge is 0.408 e. The molecule has 0 spiro atoms. The van der Waals surface area contributed by atoms with Gasteiger partial charge >= 0.3 is 18.2 Å². The zero-order valence-electron chi connectivity index (χ0n) is 37.3. The molecular weight excluding hydrogens is 825 g/mol. The molecule has 0 radical (unpaired) electrons. The van der Waals surface area contributed by atoms with Crippen molar-refractivity contribution in [3.63, 3.8) is 0 Å². The van der Waals surface area contributed by atoms with Gasteiger partial charge in [-0.05, 0) is 83.4 Å². The number of hydrogen-bond donors (Lipinski definition) is 5. The number of nitrogens with zero attached hydrogens (tertiary/aromatic N) is 1. The lowest BCUT2D eigenvalue weighted by molar-refractivity contribution is -0.149. The van der Waals surface area contributed by atoms with E-state index in [-0.39, 0.29) is 45.9 Å². The van der Waals surface area contributed by atoms with Gasteiger partial charge in [-0.15, -0.1) is 0 Å². The molecule has 3 aromatic carbocycles. The van der Waals surface area contributed by atoms with Crippen molar-refractivity contribution in [2.45, 2.75) is 122 Å². The third-order valence-electron chi connectivity index (χ3n) is 9.95. The minimum absolute atomic E-state index is 0.00959.